The first-order valence-electron chi connectivity index (χ1n) is 10.9. The predicted octanol–water partition coefficient (Wildman–Crippen LogP) is 4.45. The molecule has 0 saturated carbocycles. The summed E-state index contributed by atoms with van der Waals surface area (Å²) in [4.78, 5) is 23.3. The third kappa shape index (κ3) is 15.2. The molecule has 1 fully saturated rings. The van der Waals surface area contributed by atoms with Gasteiger partial charge >= 0.3 is 5.97 Å². The van der Waals surface area contributed by atoms with E-state index in [1.54, 1.807) is 0 Å². The van der Waals surface area contributed by atoms with Gasteiger partial charge < -0.3 is 10.1 Å². The van der Waals surface area contributed by atoms with Crippen molar-refractivity contribution < 1.29 is 14.3 Å². The van der Waals surface area contributed by atoms with Gasteiger partial charge in [-0.25, -0.2) is 0 Å². The van der Waals surface area contributed by atoms with E-state index in [0.29, 0.717) is 19.7 Å². The Kier molecular flexibility index (Phi) is 15.3. The van der Waals surface area contributed by atoms with Crippen molar-refractivity contribution in [3.05, 3.63) is 0 Å². The van der Waals surface area contributed by atoms with Crippen molar-refractivity contribution in [2.45, 2.75) is 103 Å². The lowest BCUT2D eigenvalue weighted by Crippen LogP contribution is -2.36. The van der Waals surface area contributed by atoms with Crippen molar-refractivity contribution >= 4 is 11.9 Å². The summed E-state index contributed by atoms with van der Waals surface area (Å²) in [6.45, 7) is 0.987. The van der Waals surface area contributed by atoms with Gasteiger partial charge in [-0.2, -0.15) is 0 Å². The quantitative estimate of drug-likeness (QED) is 0.620. The summed E-state index contributed by atoms with van der Waals surface area (Å²) in [6.07, 6.45) is 19.4. The van der Waals surface area contributed by atoms with E-state index in [1.165, 1.54) is 70.6 Å². The van der Waals surface area contributed by atoms with Crippen LogP contribution in [-0.2, 0) is 14.3 Å². The van der Waals surface area contributed by atoms with Crippen LogP contribution in [0.15, 0.2) is 0 Å². The van der Waals surface area contributed by atoms with E-state index in [2.05, 4.69) is 10.6 Å². The molecule has 0 unspecified atom stereocenters. The largest absolute Gasteiger partial charge is 0.465 e. The summed E-state index contributed by atoms with van der Waals surface area (Å²) in [5.74, 6) is -0.186. The minimum Gasteiger partial charge on any atom is -0.465 e. The van der Waals surface area contributed by atoms with Crippen LogP contribution in [0.25, 0.3) is 0 Å². The van der Waals surface area contributed by atoms with Gasteiger partial charge in [0.2, 0.25) is 5.91 Å². The van der Waals surface area contributed by atoms with E-state index in [4.69, 9.17) is 4.74 Å². The van der Waals surface area contributed by atoms with E-state index in [1.807, 2.05) is 0 Å². The van der Waals surface area contributed by atoms with Crippen molar-refractivity contribution in [2.24, 2.45) is 0 Å². The Morgan fingerprint density at radius 2 is 1.08 bits per heavy atom. The summed E-state index contributed by atoms with van der Waals surface area (Å²) in [7, 11) is 0. The van der Waals surface area contributed by atoms with Crippen LogP contribution in [0, 0.1) is 0 Å². The predicted molar refractivity (Wildman–Crippen MR) is 106 cm³/mol. The summed E-state index contributed by atoms with van der Waals surface area (Å²) < 4.78 is 5.19. The number of hydrogen-bond acceptors (Lipinski definition) is 4. The van der Waals surface area contributed by atoms with Crippen LogP contribution in [0.5, 0.6) is 0 Å². The van der Waals surface area contributed by atoms with Crippen LogP contribution >= 0.6 is 0 Å². The Hall–Kier alpha value is -1.10. The van der Waals surface area contributed by atoms with Gasteiger partial charge in [0.1, 0.15) is 0 Å². The average molecular weight is 369 g/mol. The Morgan fingerprint density at radius 3 is 1.62 bits per heavy atom. The van der Waals surface area contributed by atoms with E-state index in [9.17, 15) is 9.59 Å². The fourth-order valence-corrected chi connectivity index (χ4v) is 3.34. The normalized spacial score (nSPS) is 22.6. The molecule has 0 aromatic heterocycles. The molecule has 1 heterocycles. The fourth-order valence-electron chi connectivity index (χ4n) is 3.34. The van der Waals surface area contributed by atoms with Crippen LogP contribution in [0.1, 0.15) is 103 Å². The highest BCUT2D eigenvalue weighted by Gasteiger charge is 2.04. The SMILES string of the molecule is O=C1CCCCCCCCCCCCCCCCCOC(=O)CNCN1. The van der Waals surface area contributed by atoms with Gasteiger partial charge in [0.05, 0.1) is 19.8 Å². The number of carbonyl (C=O) groups is 2. The molecule has 0 radical (unpaired) electrons. The van der Waals surface area contributed by atoms with Crippen LogP contribution in [0.4, 0.5) is 0 Å². The molecule has 1 aliphatic rings. The lowest BCUT2D eigenvalue weighted by Gasteiger charge is -2.08. The first-order valence-corrected chi connectivity index (χ1v) is 10.9. The second-order valence-electron chi connectivity index (χ2n) is 7.48. The highest BCUT2D eigenvalue weighted by atomic mass is 16.5. The maximum atomic E-state index is 11.7. The number of amides is 1. The average Bonchev–Trinajstić information content (AvgIpc) is 2.63. The second kappa shape index (κ2) is 17.3. The molecule has 0 aromatic rings. The summed E-state index contributed by atoms with van der Waals surface area (Å²) in [5.41, 5.74) is 0. The topological polar surface area (TPSA) is 67.4 Å². The van der Waals surface area contributed by atoms with E-state index < -0.39 is 0 Å². The first kappa shape index (κ1) is 22.9. The molecule has 0 aromatic carbocycles. The molecular formula is C21H40N2O3. The first-order chi connectivity index (χ1) is 12.8. The molecule has 1 rings (SSSR count). The Bertz CT molecular complexity index is 327. The molecule has 1 saturated heterocycles. The third-order valence-electron chi connectivity index (χ3n) is 4.99. The summed E-state index contributed by atoms with van der Waals surface area (Å²) in [6, 6.07) is 0. The Balaban J connectivity index is 2.16. The molecule has 1 aliphatic heterocycles. The molecule has 26 heavy (non-hydrogen) atoms. The van der Waals surface area contributed by atoms with Gasteiger partial charge in [-0.15, -0.1) is 0 Å². The molecule has 5 nitrogen and oxygen atoms in total. The summed E-state index contributed by atoms with van der Waals surface area (Å²) in [5, 5.41) is 5.71. The number of nitrogens with one attached hydrogen (secondary N) is 2. The zero-order valence-corrected chi connectivity index (χ0v) is 16.7. The van der Waals surface area contributed by atoms with Crippen LogP contribution in [0.2, 0.25) is 0 Å². The van der Waals surface area contributed by atoms with Crippen LogP contribution in [0.3, 0.4) is 0 Å². The molecule has 0 aliphatic carbocycles. The second-order valence-corrected chi connectivity index (χ2v) is 7.48. The molecule has 0 spiro atoms. The van der Waals surface area contributed by atoms with Crippen molar-refractivity contribution in [1.82, 2.24) is 10.6 Å². The lowest BCUT2D eigenvalue weighted by atomic mass is 10.0. The molecule has 1 amide bonds. The van der Waals surface area contributed by atoms with Gasteiger partial charge in [-0.3, -0.25) is 14.9 Å². The van der Waals surface area contributed by atoms with Gasteiger partial charge in [0.15, 0.2) is 0 Å². The van der Waals surface area contributed by atoms with E-state index in [-0.39, 0.29) is 18.4 Å². The van der Waals surface area contributed by atoms with Gasteiger partial charge in [-0.1, -0.05) is 83.5 Å². The smallest absolute Gasteiger partial charge is 0.319 e. The van der Waals surface area contributed by atoms with Gasteiger partial charge in [-0.05, 0) is 12.8 Å². The van der Waals surface area contributed by atoms with Crippen LogP contribution in [-0.4, -0.2) is 31.7 Å². The van der Waals surface area contributed by atoms with E-state index >= 15 is 0 Å². The Labute approximate surface area is 160 Å². The Morgan fingerprint density at radius 1 is 0.615 bits per heavy atom. The van der Waals surface area contributed by atoms with Gasteiger partial charge in [0, 0.05) is 6.42 Å². The number of ether oxygens (including phenoxy) is 1. The number of carbonyl (C=O) groups excluding carboxylic acids is 2. The third-order valence-corrected chi connectivity index (χ3v) is 4.99. The molecule has 2 N–H and O–H groups in total. The maximum absolute atomic E-state index is 11.7. The minimum atomic E-state index is -0.242. The van der Waals surface area contributed by atoms with Crippen molar-refractivity contribution in [3.63, 3.8) is 0 Å². The number of esters is 1. The molecular weight excluding hydrogens is 328 g/mol. The molecule has 152 valence electrons. The monoisotopic (exact) mass is 368 g/mol. The zero-order chi connectivity index (χ0) is 18.7. The van der Waals surface area contributed by atoms with Crippen LogP contribution < -0.4 is 10.6 Å². The highest BCUT2D eigenvalue weighted by Crippen LogP contribution is 2.13. The van der Waals surface area contributed by atoms with E-state index in [0.717, 1.165) is 25.7 Å². The highest BCUT2D eigenvalue weighted by molar-refractivity contribution is 5.76. The van der Waals surface area contributed by atoms with Crippen molar-refractivity contribution in [1.29, 1.82) is 0 Å². The van der Waals surface area contributed by atoms with Gasteiger partial charge in [0.25, 0.3) is 0 Å². The minimum absolute atomic E-state index is 0.0559. The number of cyclic esters (lactones) is 1. The standard InChI is InChI=1S/C21H40N2O3/c24-20-16-14-12-10-8-6-4-2-1-3-5-7-9-11-13-15-17-26-21(25)18-22-19-23-20/h22H,1-19H2,(H,23,24). The fraction of sp³-hybridized carbons (Fsp3) is 0.905. The zero-order valence-electron chi connectivity index (χ0n) is 16.7. The molecule has 0 atom stereocenters. The lowest BCUT2D eigenvalue weighted by molar-refractivity contribution is -0.142. The maximum Gasteiger partial charge on any atom is 0.319 e. The number of hydrogen-bond donors (Lipinski definition) is 2. The number of rotatable bonds is 0. The van der Waals surface area contributed by atoms with Crippen molar-refractivity contribution in [2.75, 3.05) is 19.8 Å². The summed E-state index contributed by atoms with van der Waals surface area (Å²) >= 11 is 0. The van der Waals surface area contributed by atoms with Crippen molar-refractivity contribution in [3.8, 4) is 0 Å². The molecule has 5 heteroatoms. The molecule has 0 bridgehead atoms.